The van der Waals surface area contributed by atoms with Crippen LogP contribution >= 0.6 is 0 Å². The predicted molar refractivity (Wildman–Crippen MR) is 131 cm³/mol. The van der Waals surface area contributed by atoms with Crippen LogP contribution in [0, 0.1) is 0 Å². The van der Waals surface area contributed by atoms with Crippen LogP contribution in [0.25, 0.3) is 5.52 Å². The number of nitrogens with zero attached hydrogens (tertiary/aromatic N) is 3. The van der Waals surface area contributed by atoms with Crippen molar-refractivity contribution >= 4 is 23.3 Å². The van der Waals surface area contributed by atoms with Crippen molar-refractivity contribution in [2.75, 3.05) is 19.0 Å². The molecule has 2 aromatic heterocycles. The smallest absolute Gasteiger partial charge is 0.373 e. The summed E-state index contributed by atoms with van der Waals surface area (Å²) in [7, 11) is 0. The van der Waals surface area contributed by atoms with Gasteiger partial charge in [-0.25, -0.2) is 23.5 Å². The monoisotopic (exact) mass is 524 g/mol. The fourth-order valence-corrected chi connectivity index (χ4v) is 3.54. The van der Waals surface area contributed by atoms with Gasteiger partial charge in [-0.05, 0) is 43.3 Å². The molecule has 4 rings (SSSR count). The van der Waals surface area contributed by atoms with Gasteiger partial charge >= 0.3 is 11.9 Å². The lowest BCUT2D eigenvalue weighted by molar-refractivity contribution is -0.328. The van der Waals surface area contributed by atoms with Crippen LogP contribution in [0.4, 0.5) is 10.2 Å². The third-order valence-electron chi connectivity index (χ3n) is 5.61. The second-order valence-electron chi connectivity index (χ2n) is 8.24. The maximum atomic E-state index is 14.4. The van der Waals surface area contributed by atoms with Gasteiger partial charge in [-0.1, -0.05) is 36.4 Å². The average molecular weight is 525 g/mol. The van der Waals surface area contributed by atoms with E-state index in [9.17, 15) is 19.1 Å². The molecule has 38 heavy (non-hydrogen) atoms. The number of rotatable bonds is 11. The number of fused-ring (bicyclic) bond motifs is 1. The van der Waals surface area contributed by atoms with Crippen LogP contribution < -0.4 is 5.73 Å². The summed E-state index contributed by atoms with van der Waals surface area (Å²) < 4.78 is 26.6. The Morgan fingerprint density at radius 3 is 2.29 bits per heavy atom. The summed E-state index contributed by atoms with van der Waals surface area (Å²) in [5.41, 5.74) is 6.54. The van der Waals surface area contributed by atoms with Crippen LogP contribution in [-0.4, -0.2) is 57.1 Å². The van der Waals surface area contributed by atoms with Crippen molar-refractivity contribution in [3.63, 3.8) is 0 Å². The Bertz CT molecular complexity index is 1390. The molecule has 0 bridgehead atoms. The molecule has 198 valence electrons. The van der Waals surface area contributed by atoms with E-state index in [-0.39, 0.29) is 22.6 Å². The summed E-state index contributed by atoms with van der Waals surface area (Å²) in [6, 6.07) is 19.1. The highest BCUT2D eigenvalue weighted by Crippen LogP contribution is 2.29. The van der Waals surface area contributed by atoms with E-state index in [2.05, 4.69) is 10.1 Å². The second-order valence-corrected chi connectivity index (χ2v) is 8.24. The first-order chi connectivity index (χ1) is 18.3. The first-order valence-corrected chi connectivity index (χ1v) is 11.5. The van der Waals surface area contributed by atoms with E-state index >= 15 is 0 Å². The number of nitrogens with two attached hydrogens (primary N) is 1. The Kier molecular flexibility index (Phi) is 8.26. The maximum Gasteiger partial charge on any atom is 0.373 e. The number of alkyl halides is 1. The van der Waals surface area contributed by atoms with Crippen molar-refractivity contribution < 1.29 is 38.3 Å². The van der Waals surface area contributed by atoms with Gasteiger partial charge in [0.1, 0.15) is 43.0 Å². The Hall–Kier alpha value is -4.39. The Balaban J connectivity index is 1.55. The molecule has 0 saturated heterocycles. The van der Waals surface area contributed by atoms with E-state index in [0.717, 1.165) is 6.33 Å². The van der Waals surface area contributed by atoms with Gasteiger partial charge in [0.2, 0.25) is 5.79 Å². The normalized spacial score (nSPS) is 14.4. The van der Waals surface area contributed by atoms with Crippen LogP contribution in [0.15, 0.2) is 79.1 Å². The van der Waals surface area contributed by atoms with Crippen molar-refractivity contribution in [2.24, 2.45) is 0 Å². The van der Waals surface area contributed by atoms with Gasteiger partial charge in [-0.2, -0.15) is 9.99 Å². The zero-order valence-electron chi connectivity index (χ0n) is 20.3. The minimum atomic E-state index is -2.57. The summed E-state index contributed by atoms with van der Waals surface area (Å²) in [5, 5.41) is 15.2. The molecule has 0 spiro atoms. The molecule has 0 amide bonds. The molecule has 3 N–H and O–H groups in total. The molecule has 0 saturated carbocycles. The van der Waals surface area contributed by atoms with Crippen molar-refractivity contribution in [1.82, 2.24) is 14.6 Å². The first kappa shape index (κ1) is 26.7. The number of aliphatic hydroxyl groups is 1. The Morgan fingerprint density at radius 1 is 1.03 bits per heavy atom. The number of hydrogen-bond donors (Lipinski definition) is 2. The van der Waals surface area contributed by atoms with Crippen molar-refractivity contribution in [2.45, 2.75) is 24.9 Å². The zero-order chi connectivity index (χ0) is 27.1. The lowest BCUT2D eigenvalue weighted by atomic mass is 10.1. The fourth-order valence-electron chi connectivity index (χ4n) is 3.54. The van der Waals surface area contributed by atoms with Crippen molar-refractivity contribution in [3.8, 4) is 0 Å². The standard InChI is InChI=1S/C26H25FN4O7/c1-17(37-38-25(33)19-10-6-3-7-11-19)21(14-35-24(32)18-8-4-2-5-9-18)36-26(34,15-27)22-13-12-20-23(28)29-16-30-31(20)22/h2-13,16-17,21,34H,14-15H2,1H3,(H2,28,29,30)/t17-,21+,26?/m0/s1. The molecule has 0 aliphatic rings. The highest BCUT2D eigenvalue weighted by atomic mass is 19.1. The van der Waals surface area contributed by atoms with Gasteiger partial charge in [-0.15, -0.1) is 0 Å². The average Bonchev–Trinajstić information content (AvgIpc) is 3.41. The number of hydrogen-bond acceptors (Lipinski definition) is 10. The highest BCUT2D eigenvalue weighted by molar-refractivity contribution is 5.89. The van der Waals surface area contributed by atoms with Crippen LogP contribution in [0.3, 0.4) is 0 Å². The number of nitrogen functional groups attached to an aromatic ring is 1. The minimum Gasteiger partial charge on any atom is -0.459 e. The van der Waals surface area contributed by atoms with Gasteiger partial charge in [0, 0.05) is 0 Å². The lowest BCUT2D eigenvalue weighted by Crippen LogP contribution is -2.44. The van der Waals surface area contributed by atoms with Crippen LogP contribution in [0.1, 0.15) is 33.3 Å². The number of benzene rings is 2. The molecule has 1 unspecified atom stereocenters. The summed E-state index contributed by atoms with van der Waals surface area (Å²) in [5.74, 6) is -3.95. The molecular formula is C26H25FN4O7. The summed E-state index contributed by atoms with van der Waals surface area (Å²) in [6.07, 6.45) is -1.30. The van der Waals surface area contributed by atoms with Crippen LogP contribution in [0.2, 0.25) is 0 Å². The van der Waals surface area contributed by atoms with E-state index in [4.69, 9.17) is 25.0 Å². The van der Waals surface area contributed by atoms with E-state index in [1.54, 1.807) is 48.5 Å². The number of halogens is 1. The number of anilines is 1. The third-order valence-corrected chi connectivity index (χ3v) is 5.61. The SMILES string of the molecule is C[C@H](OOC(=O)c1ccccc1)[C@@H](COC(=O)c1ccccc1)OC(O)(CF)c1ccc2c(N)ncnn12. The predicted octanol–water partition coefficient (Wildman–Crippen LogP) is 2.85. The highest BCUT2D eigenvalue weighted by Gasteiger charge is 2.40. The van der Waals surface area contributed by atoms with Gasteiger partial charge in [0.05, 0.1) is 11.1 Å². The molecule has 4 aromatic rings. The number of carbonyl (C=O) groups excluding carboxylic acids is 2. The van der Waals surface area contributed by atoms with Crippen molar-refractivity contribution in [1.29, 1.82) is 0 Å². The summed E-state index contributed by atoms with van der Waals surface area (Å²) in [4.78, 5) is 38.8. The molecule has 0 aliphatic heterocycles. The largest absolute Gasteiger partial charge is 0.459 e. The lowest BCUT2D eigenvalue weighted by Gasteiger charge is -2.32. The van der Waals surface area contributed by atoms with E-state index in [0.29, 0.717) is 5.52 Å². The van der Waals surface area contributed by atoms with Gasteiger partial charge < -0.3 is 20.3 Å². The van der Waals surface area contributed by atoms with Crippen molar-refractivity contribution in [3.05, 3.63) is 95.9 Å². The fraction of sp³-hybridized carbons (Fsp3) is 0.231. The van der Waals surface area contributed by atoms with Crippen LogP contribution in [0.5, 0.6) is 0 Å². The molecule has 2 aromatic carbocycles. The maximum absolute atomic E-state index is 14.4. The summed E-state index contributed by atoms with van der Waals surface area (Å²) in [6.45, 7) is -0.461. The van der Waals surface area contributed by atoms with Gasteiger partial charge in [-0.3, -0.25) is 4.89 Å². The zero-order valence-corrected chi connectivity index (χ0v) is 20.3. The van der Waals surface area contributed by atoms with Crippen LogP contribution in [-0.2, 0) is 25.0 Å². The number of ether oxygens (including phenoxy) is 2. The number of aromatic nitrogens is 3. The second kappa shape index (κ2) is 11.8. The number of carbonyl (C=O) groups is 2. The Labute approximate surface area is 216 Å². The minimum absolute atomic E-state index is 0.100. The van der Waals surface area contributed by atoms with Gasteiger partial charge in [0.15, 0.2) is 5.82 Å². The molecule has 0 aliphatic carbocycles. The topological polar surface area (TPSA) is 147 Å². The third kappa shape index (κ3) is 5.94. The number of esters is 1. The molecular weight excluding hydrogens is 499 g/mol. The van der Waals surface area contributed by atoms with E-state index in [1.165, 1.54) is 35.7 Å². The molecule has 0 radical (unpaired) electrons. The molecule has 12 heteroatoms. The molecule has 3 atom stereocenters. The van der Waals surface area contributed by atoms with Gasteiger partial charge in [0.25, 0.3) is 0 Å². The van der Waals surface area contributed by atoms with E-state index in [1.807, 2.05) is 0 Å². The quantitative estimate of drug-likeness (QED) is 0.130. The first-order valence-electron chi connectivity index (χ1n) is 11.5. The molecule has 0 fully saturated rings. The molecule has 2 heterocycles. The Morgan fingerprint density at radius 2 is 1.66 bits per heavy atom. The van der Waals surface area contributed by atoms with E-state index < -0.39 is 43.2 Å². The molecule has 11 nitrogen and oxygen atoms in total. The summed E-state index contributed by atoms with van der Waals surface area (Å²) >= 11 is 0.